The molecule has 0 bridgehead atoms. The van der Waals surface area contributed by atoms with Crippen LogP contribution in [0.25, 0.3) is 22.2 Å². The second-order valence-electron chi connectivity index (χ2n) is 5.96. The van der Waals surface area contributed by atoms with E-state index in [0.29, 0.717) is 11.4 Å². The third-order valence-electron chi connectivity index (χ3n) is 4.17. The molecule has 4 rings (SSSR count). The lowest BCUT2D eigenvalue weighted by Crippen LogP contribution is -2.05. The summed E-state index contributed by atoms with van der Waals surface area (Å²) >= 11 is 0. The molecule has 1 heterocycles. The maximum Gasteiger partial charge on any atom is 0.338 e. The Morgan fingerprint density at radius 3 is 2.62 bits per heavy atom. The summed E-state index contributed by atoms with van der Waals surface area (Å²) < 4.78 is 10.5. The molecule has 0 atom stereocenters. The fourth-order valence-corrected chi connectivity index (χ4v) is 2.77. The molecule has 0 fully saturated rings. The van der Waals surface area contributed by atoms with Gasteiger partial charge in [-0.1, -0.05) is 59.8 Å². The van der Waals surface area contributed by atoms with E-state index in [1.54, 1.807) is 6.07 Å². The Morgan fingerprint density at radius 1 is 1.00 bits per heavy atom. The molecule has 0 aliphatic rings. The highest BCUT2D eigenvalue weighted by molar-refractivity contribution is 5.95. The maximum absolute atomic E-state index is 12.3. The van der Waals surface area contributed by atoms with Gasteiger partial charge in [-0.15, -0.1) is 0 Å². The van der Waals surface area contributed by atoms with Crippen molar-refractivity contribution in [3.63, 3.8) is 0 Å². The first-order chi connectivity index (χ1) is 12.7. The Labute approximate surface area is 150 Å². The molecule has 0 amide bonds. The standard InChI is InChI=1S/C21H16N2O3/c1-14-6-2-5-9-18(14)20-22-19(26-23-20)13-25-21(24)17-11-10-15-7-3-4-8-16(15)12-17/h2-12H,13H2,1H3. The predicted molar refractivity (Wildman–Crippen MR) is 97.5 cm³/mol. The van der Waals surface area contributed by atoms with Gasteiger partial charge in [-0.25, -0.2) is 4.79 Å². The average molecular weight is 344 g/mol. The lowest BCUT2D eigenvalue weighted by Gasteiger charge is -2.03. The second kappa shape index (κ2) is 6.80. The molecule has 0 radical (unpaired) electrons. The van der Waals surface area contributed by atoms with Crippen molar-refractivity contribution in [1.29, 1.82) is 0 Å². The van der Waals surface area contributed by atoms with Crippen LogP contribution in [0.2, 0.25) is 0 Å². The van der Waals surface area contributed by atoms with Gasteiger partial charge in [0.2, 0.25) is 5.82 Å². The summed E-state index contributed by atoms with van der Waals surface area (Å²) in [7, 11) is 0. The molecule has 0 unspecified atom stereocenters. The number of fused-ring (bicyclic) bond motifs is 1. The van der Waals surface area contributed by atoms with Crippen LogP contribution in [0.1, 0.15) is 21.8 Å². The Balaban J connectivity index is 1.47. The van der Waals surface area contributed by atoms with Crippen LogP contribution in [0.15, 0.2) is 71.3 Å². The SMILES string of the molecule is Cc1ccccc1-c1noc(COC(=O)c2ccc3ccccc3c2)n1. The molecule has 0 N–H and O–H groups in total. The first kappa shape index (κ1) is 16.0. The number of aromatic nitrogens is 2. The van der Waals surface area contributed by atoms with E-state index < -0.39 is 5.97 Å². The Bertz CT molecular complexity index is 1090. The minimum Gasteiger partial charge on any atom is -0.452 e. The van der Waals surface area contributed by atoms with Crippen LogP contribution in [0.4, 0.5) is 0 Å². The highest BCUT2D eigenvalue weighted by atomic mass is 16.6. The van der Waals surface area contributed by atoms with Crippen molar-refractivity contribution >= 4 is 16.7 Å². The van der Waals surface area contributed by atoms with Crippen LogP contribution in [0.3, 0.4) is 0 Å². The maximum atomic E-state index is 12.3. The average Bonchev–Trinajstić information content (AvgIpc) is 3.15. The minimum absolute atomic E-state index is 0.0649. The molecule has 0 saturated carbocycles. The molecule has 3 aromatic carbocycles. The predicted octanol–water partition coefficient (Wildman–Crippen LogP) is 4.56. The summed E-state index contributed by atoms with van der Waals surface area (Å²) in [6.07, 6.45) is 0. The molecular weight excluding hydrogens is 328 g/mol. The van der Waals surface area contributed by atoms with Gasteiger partial charge in [0.1, 0.15) is 0 Å². The first-order valence-electron chi connectivity index (χ1n) is 8.25. The third-order valence-corrected chi connectivity index (χ3v) is 4.17. The Morgan fingerprint density at radius 2 is 1.77 bits per heavy atom. The number of ether oxygens (including phenoxy) is 1. The number of nitrogens with zero attached hydrogens (tertiary/aromatic N) is 2. The van der Waals surface area contributed by atoms with Gasteiger partial charge in [0.05, 0.1) is 5.56 Å². The van der Waals surface area contributed by atoms with Crippen molar-refractivity contribution in [3.8, 4) is 11.4 Å². The zero-order valence-electron chi connectivity index (χ0n) is 14.2. The van der Waals surface area contributed by atoms with Gasteiger partial charge in [0, 0.05) is 5.56 Å². The van der Waals surface area contributed by atoms with Crippen LogP contribution < -0.4 is 0 Å². The van der Waals surface area contributed by atoms with Crippen LogP contribution in [0, 0.1) is 6.92 Å². The summed E-state index contributed by atoms with van der Waals surface area (Å²) in [6, 6.07) is 21.1. The summed E-state index contributed by atoms with van der Waals surface area (Å²) in [4.78, 5) is 16.6. The fraction of sp³-hybridized carbons (Fsp3) is 0.0952. The molecule has 0 spiro atoms. The molecule has 0 aliphatic heterocycles. The molecule has 26 heavy (non-hydrogen) atoms. The molecule has 0 saturated heterocycles. The number of hydrogen-bond donors (Lipinski definition) is 0. The molecule has 5 nitrogen and oxygen atoms in total. The third kappa shape index (κ3) is 3.19. The van der Waals surface area contributed by atoms with E-state index in [1.165, 1.54) is 0 Å². The van der Waals surface area contributed by atoms with E-state index in [1.807, 2.05) is 67.6 Å². The van der Waals surface area contributed by atoms with E-state index in [0.717, 1.165) is 21.9 Å². The van der Waals surface area contributed by atoms with Crippen LogP contribution >= 0.6 is 0 Å². The molecule has 128 valence electrons. The zero-order valence-corrected chi connectivity index (χ0v) is 14.2. The number of benzene rings is 3. The van der Waals surface area contributed by atoms with Gasteiger partial charge in [0.25, 0.3) is 5.89 Å². The quantitative estimate of drug-likeness (QED) is 0.508. The van der Waals surface area contributed by atoms with Crippen molar-refractivity contribution < 1.29 is 14.1 Å². The molecule has 0 aliphatic carbocycles. The highest BCUT2D eigenvalue weighted by Crippen LogP contribution is 2.20. The topological polar surface area (TPSA) is 65.2 Å². The zero-order chi connectivity index (χ0) is 17.9. The van der Waals surface area contributed by atoms with Crippen LogP contribution in [-0.4, -0.2) is 16.1 Å². The smallest absolute Gasteiger partial charge is 0.338 e. The van der Waals surface area contributed by atoms with Crippen molar-refractivity contribution in [2.45, 2.75) is 13.5 Å². The number of aryl methyl sites for hydroxylation is 1. The van der Waals surface area contributed by atoms with Crippen LogP contribution in [-0.2, 0) is 11.3 Å². The van der Waals surface area contributed by atoms with E-state index in [4.69, 9.17) is 9.26 Å². The van der Waals surface area contributed by atoms with Gasteiger partial charge in [-0.05, 0) is 35.4 Å². The summed E-state index contributed by atoms with van der Waals surface area (Å²) in [5.41, 5.74) is 2.43. The number of carbonyl (C=O) groups excluding carboxylic acids is 1. The lowest BCUT2D eigenvalue weighted by atomic mass is 10.1. The number of rotatable bonds is 4. The number of esters is 1. The van der Waals surface area contributed by atoms with E-state index in [-0.39, 0.29) is 12.5 Å². The van der Waals surface area contributed by atoms with E-state index in [9.17, 15) is 4.79 Å². The number of hydrogen-bond acceptors (Lipinski definition) is 5. The Kier molecular flexibility index (Phi) is 4.19. The van der Waals surface area contributed by atoms with Crippen LogP contribution in [0.5, 0.6) is 0 Å². The van der Waals surface area contributed by atoms with Crippen molar-refractivity contribution in [3.05, 3.63) is 83.7 Å². The lowest BCUT2D eigenvalue weighted by molar-refractivity contribution is 0.0430. The summed E-state index contributed by atoms with van der Waals surface area (Å²) in [5, 5.41) is 6.02. The highest BCUT2D eigenvalue weighted by Gasteiger charge is 2.13. The monoisotopic (exact) mass is 344 g/mol. The first-order valence-corrected chi connectivity index (χ1v) is 8.25. The van der Waals surface area contributed by atoms with Gasteiger partial charge in [-0.2, -0.15) is 4.98 Å². The minimum atomic E-state index is -0.425. The molecular formula is C21H16N2O3. The van der Waals surface area contributed by atoms with E-state index in [2.05, 4.69) is 10.1 Å². The van der Waals surface area contributed by atoms with Crippen molar-refractivity contribution in [2.75, 3.05) is 0 Å². The van der Waals surface area contributed by atoms with E-state index >= 15 is 0 Å². The summed E-state index contributed by atoms with van der Waals surface area (Å²) in [6.45, 7) is 1.91. The largest absolute Gasteiger partial charge is 0.452 e. The second-order valence-corrected chi connectivity index (χ2v) is 5.96. The molecule has 4 aromatic rings. The molecule has 1 aromatic heterocycles. The van der Waals surface area contributed by atoms with Crippen molar-refractivity contribution in [2.24, 2.45) is 0 Å². The van der Waals surface area contributed by atoms with Gasteiger partial charge in [0.15, 0.2) is 6.61 Å². The molecule has 5 heteroatoms. The Hall–Kier alpha value is -3.47. The van der Waals surface area contributed by atoms with Gasteiger partial charge >= 0.3 is 5.97 Å². The fourth-order valence-electron chi connectivity index (χ4n) is 2.77. The normalized spacial score (nSPS) is 10.8. The van der Waals surface area contributed by atoms with Gasteiger partial charge in [-0.3, -0.25) is 0 Å². The van der Waals surface area contributed by atoms with Gasteiger partial charge < -0.3 is 9.26 Å². The van der Waals surface area contributed by atoms with Crippen molar-refractivity contribution in [1.82, 2.24) is 10.1 Å². The summed E-state index contributed by atoms with van der Waals surface area (Å²) in [5.74, 6) is 0.323. The number of carbonyl (C=O) groups is 1.